The van der Waals surface area contributed by atoms with Gasteiger partial charge < -0.3 is 9.64 Å². The molecule has 0 radical (unpaired) electrons. The average Bonchev–Trinajstić information content (AvgIpc) is 3.10. The molecule has 2 aliphatic rings. The maximum atomic E-state index is 14.0. The maximum Gasteiger partial charge on any atom is 0.254 e. The summed E-state index contributed by atoms with van der Waals surface area (Å²) in [6.45, 7) is 2.08. The smallest absolute Gasteiger partial charge is 0.254 e. The number of carbonyl (C=O) groups excluding carboxylic acids is 1. The fourth-order valence-electron chi connectivity index (χ4n) is 5.00. The molecule has 2 heterocycles. The van der Waals surface area contributed by atoms with E-state index < -0.39 is 11.6 Å². The minimum Gasteiger partial charge on any atom is -0.487 e. The third-order valence-electron chi connectivity index (χ3n) is 6.74. The van der Waals surface area contributed by atoms with Crippen molar-refractivity contribution in [1.82, 2.24) is 4.90 Å². The number of piperidine rings is 1. The van der Waals surface area contributed by atoms with Crippen molar-refractivity contribution in [3.05, 3.63) is 95.1 Å². The van der Waals surface area contributed by atoms with Crippen molar-refractivity contribution in [2.24, 2.45) is 0 Å². The second-order valence-electron chi connectivity index (χ2n) is 9.18. The zero-order chi connectivity index (χ0) is 23.7. The van der Waals surface area contributed by atoms with E-state index in [2.05, 4.69) is 31.2 Å². The van der Waals surface area contributed by atoms with E-state index in [0.717, 1.165) is 24.7 Å². The van der Waals surface area contributed by atoms with Crippen molar-refractivity contribution in [2.45, 2.75) is 61.4 Å². The molecule has 0 aromatic heterocycles. The van der Waals surface area contributed by atoms with Crippen LogP contribution in [0.5, 0.6) is 5.75 Å². The second kappa shape index (κ2) is 9.79. The number of hydrogen-bond acceptors (Lipinski definition) is 3. The number of ether oxygens (including phenoxy) is 1. The fraction of sp³-hybridized carbons (Fsp3) is 0.321. The van der Waals surface area contributed by atoms with Crippen LogP contribution in [0.25, 0.3) is 0 Å². The Bertz CT molecular complexity index is 1150. The molecule has 176 valence electrons. The lowest BCUT2D eigenvalue weighted by atomic mass is 9.98. The Labute approximate surface area is 203 Å². The monoisotopic (exact) mass is 479 g/mol. The number of fused-ring (bicyclic) bond motifs is 2. The van der Waals surface area contributed by atoms with Gasteiger partial charge in [0.25, 0.3) is 5.91 Å². The van der Waals surface area contributed by atoms with E-state index in [-0.39, 0.29) is 29.8 Å². The zero-order valence-electron chi connectivity index (χ0n) is 19.0. The van der Waals surface area contributed by atoms with Crippen LogP contribution in [0.3, 0.4) is 0 Å². The maximum absolute atomic E-state index is 14.0. The van der Waals surface area contributed by atoms with Crippen molar-refractivity contribution < 1.29 is 18.3 Å². The van der Waals surface area contributed by atoms with Crippen LogP contribution < -0.4 is 4.74 Å². The molecular formula is C28H27F2NO2S. The van der Waals surface area contributed by atoms with E-state index in [9.17, 15) is 13.6 Å². The zero-order valence-corrected chi connectivity index (χ0v) is 19.9. The first-order valence-electron chi connectivity index (χ1n) is 11.7. The summed E-state index contributed by atoms with van der Waals surface area (Å²) in [7, 11) is 0. The SMILES string of the molecule is Cc1ccc(SCc2ccc(C(=O)N3C4CCC3CC(Oc3ccc(F)cc3F)C4)cc2)cc1. The number of benzene rings is 3. The third kappa shape index (κ3) is 4.97. The van der Waals surface area contributed by atoms with Gasteiger partial charge in [-0.25, -0.2) is 8.78 Å². The topological polar surface area (TPSA) is 29.5 Å². The van der Waals surface area contributed by atoms with E-state index in [1.54, 1.807) is 11.8 Å². The third-order valence-corrected chi connectivity index (χ3v) is 7.82. The Morgan fingerprint density at radius 2 is 1.65 bits per heavy atom. The molecule has 0 aliphatic carbocycles. The van der Waals surface area contributed by atoms with Gasteiger partial charge in [0.2, 0.25) is 0 Å². The van der Waals surface area contributed by atoms with Gasteiger partial charge >= 0.3 is 0 Å². The number of nitrogens with zero attached hydrogens (tertiary/aromatic N) is 1. The van der Waals surface area contributed by atoms with Gasteiger partial charge in [-0.05, 0) is 61.7 Å². The van der Waals surface area contributed by atoms with Crippen LogP contribution in [-0.2, 0) is 5.75 Å². The van der Waals surface area contributed by atoms with E-state index >= 15 is 0 Å². The summed E-state index contributed by atoms with van der Waals surface area (Å²) in [5, 5.41) is 0. The molecule has 34 heavy (non-hydrogen) atoms. The van der Waals surface area contributed by atoms with Crippen molar-refractivity contribution >= 4 is 17.7 Å². The highest BCUT2D eigenvalue weighted by Gasteiger charge is 2.44. The van der Waals surface area contributed by atoms with Crippen LogP contribution in [0.1, 0.15) is 47.2 Å². The van der Waals surface area contributed by atoms with Gasteiger partial charge in [-0.1, -0.05) is 29.8 Å². The first-order chi connectivity index (χ1) is 16.5. The molecule has 2 unspecified atom stereocenters. The molecule has 3 nitrogen and oxygen atoms in total. The predicted molar refractivity (Wildman–Crippen MR) is 130 cm³/mol. The van der Waals surface area contributed by atoms with Gasteiger partial charge in [0.15, 0.2) is 11.6 Å². The molecule has 2 saturated heterocycles. The van der Waals surface area contributed by atoms with Gasteiger partial charge in [-0.15, -0.1) is 11.8 Å². The summed E-state index contributed by atoms with van der Waals surface area (Å²) >= 11 is 1.78. The molecule has 2 atom stereocenters. The van der Waals surface area contributed by atoms with Gasteiger partial charge in [-0.2, -0.15) is 0 Å². The van der Waals surface area contributed by atoms with E-state index in [4.69, 9.17) is 4.74 Å². The molecule has 6 heteroatoms. The molecule has 3 aromatic rings. The molecule has 2 aliphatic heterocycles. The lowest BCUT2D eigenvalue weighted by Crippen LogP contribution is -2.49. The molecule has 0 spiro atoms. The van der Waals surface area contributed by atoms with Crippen LogP contribution in [0.2, 0.25) is 0 Å². The average molecular weight is 480 g/mol. The lowest BCUT2D eigenvalue weighted by molar-refractivity contribution is 0.0349. The van der Waals surface area contributed by atoms with Crippen LogP contribution in [-0.4, -0.2) is 29.0 Å². The highest BCUT2D eigenvalue weighted by atomic mass is 32.2. The molecule has 0 saturated carbocycles. The Morgan fingerprint density at radius 3 is 2.29 bits per heavy atom. The Hall–Kier alpha value is -2.86. The highest BCUT2D eigenvalue weighted by molar-refractivity contribution is 7.98. The molecule has 2 bridgehead atoms. The Morgan fingerprint density at radius 1 is 0.971 bits per heavy atom. The fourth-order valence-corrected chi connectivity index (χ4v) is 5.85. The number of hydrogen-bond donors (Lipinski definition) is 0. The van der Waals surface area contributed by atoms with E-state index in [1.165, 1.54) is 28.2 Å². The van der Waals surface area contributed by atoms with Crippen molar-refractivity contribution in [3.63, 3.8) is 0 Å². The van der Waals surface area contributed by atoms with Crippen molar-refractivity contribution in [1.29, 1.82) is 0 Å². The lowest BCUT2D eigenvalue weighted by Gasteiger charge is -2.39. The molecule has 2 fully saturated rings. The number of rotatable bonds is 6. The summed E-state index contributed by atoms with van der Waals surface area (Å²) in [4.78, 5) is 16.5. The molecule has 5 rings (SSSR count). The van der Waals surface area contributed by atoms with Crippen LogP contribution in [0, 0.1) is 18.6 Å². The van der Waals surface area contributed by atoms with Crippen molar-refractivity contribution in [2.75, 3.05) is 0 Å². The quantitative estimate of drug-likeness (QED) is 0.365. The van der Waals surface area contributed by atoms with E-state index in [0.29, 0.717) is 18.4 Å². The standard InChI is InChI=1S/C28H27F2NO2S/c1-18-2-11-25(12-3-18)34-17-19-4-6-20(7-5-19)28(32)31-22-9-10-23(31)16-24(15-22)33-27-13-8-21(29)14-26(27)30/h2-8,11-14,22-24H,9-10,15-17H2,1H3. The first kappa shape index (κ1) is 22.9. The Kier molecular flexibility index (Phi) is 6.59. The summed E-state index contributed by atoms with van der Waals surface area (Å²) in [5.41, 5.74) is 3.13. The van der Waals surface area contributed by atoms with Crippen LogP contribution in [0.4, 0.5) is 8.78 Å². The molecule has 1 amide bonds. The highest BCUT2D eigenvalue weighted by Crippen LogP contribution is 2.38. The van der Waals surface area contributed by atoms with Gasteiger partial charge in [0.05, 0.1) is 0 Å². The van der Waals surface area contributed by atoms with Gasteiger partial charge in [-0.3, -0.25) is 4.79 Å². The summed E-state index contributed by atoms with van der Waals surface area (Å²) < 4.78 is 33.0. The number of halogens is 2. The number of thioether (sulfide) groups is 1. The normalized spacial score (nSPS) is 21.5. The number of amides is 1. The second-order valence-corrected chi connectivity index (χ2v) is 10.2. The first-order valence-corrected chi connectivity index (χ1v) is 12.7. The Balaban J connectivity index is 1.20. The van der Waals surface area contributed by atoms with E-state index in [1.807, 2.05) is 29.2 Å². The summed E-state index contributed by atoms with van der Waals surface area (Å²) in [6.07, 6.45) is 2.98. The molecule has 3 aromatic carbocycles. The minimum atomic E-state index is -0.688. The summed E-state index contributed by atoms with van der Waals surface area (Å²) in [5.74, 6) is -0.330. The predicted octanol–water partition coefficient (Wildman–Crippen LogP) is 6.78. The summed E-state index contributed by atoms with van der Waals surface area (Å²) in [6, 6.07) is 19.9. The molecular weight excluding hydrogens is 452 g/mol. The van der Waals surface area contributed by atoms with Crippen LogP contribution >= 0.6 is 11.8 Å². The molecule has 0 N–H and O–H groups in total. The van der Waals surface area contributed by atoms with Gasteiger partial charge in [0.1, 0.15) is 11.9 Å². The number of aryl methyl sites for hydroxylation is 1. The van der Waals surface area contributed by atoms with Gasteiger partial charge in [0, 0.05) is 47.2 Å². The minimum absolute atomic E-state index is 0.0525. The van der Waals surface area contributed by atoms with Crippen LogP contribution in [0.15, 0.2) is 71.6 Å². The number of carbonyl (C=O) groups is 1. The van der Waals surface area contributed by atoms with Crippen molar-refractivity contribution in [3.8, 4) is 5.75 Å². The largest absolute Gasteiger partial charge is 0.487 e.